The zero-order valence-corrected chi connectivity index (χ0v) is 12.0. The summed E-state index contributed by atoms with van der Waals surface area (Å²) in [6, 6.07) is 4.46. The summed E-state index contributed by atoms with van der Waals surface area (Å²) >= 11 is 3.31. The van der Waals surface area contributed by atoms with Gasteiger partial charge in [0.15, 0.2) is 0 Å². The third kappa shape index (κ3) is 4.14. The molecule has 1 amide bonds. The third-order valence-corrected chi connectivity index (χ3v) is 2.94. The van der Waals surface area contributed by atoms with Crippen molar-refractivity contribution in [3.8, 4) is 0 Å². The van der Waals surface area contributed by atoms with Crippen molar-refractivity contribution in [1.82, 2.24) is 5.32 Å². The zero-order valence-electron chi connectivity index (χ0n) is 10.4. The molecule has 2 N–H and O–H groups in total. The van der Waals surface area contributed by atoms with Crippen molar-refractivity contribution in [2.24, 2.45) is 0 Å². The van der Waals surface area contributed by atoms with Crippen molar-refractivity contribution in [2.75, 3.05) is 0 Å². The highest BCUT2D eigenvalue weighted by Gasteiger charge is 2.19. The molecule has 4 nitrogen and oxygen atoms in total. The SMILES string of the molecule is CCCC(NC(=O)c1cc(C)cc(Br)c1)C(=O)O. The Morgan fingerprint density at radius 1 is 1.39 bits per heavy atom. The molecule has 1 aromatic rings. The second kappa shape index (κ2) is 6.54. The van der Waals surface area contributed by atoms with E-state index in [0.717, 1.165) is 10.0 Å². The summed E-state index contributed by atoms with van der Waals surface area (Å²) in [4.78, 5) is 22.9. The molecule has 0 spiro atoms. The lowest BCUT2D eigenvalue weighted by molar-refractivity contribution is -0.139. The number of aryl methyl sites for hydroxylation is 1. The van der Waals surface area contributed by atoms with Gasteiger partial charge in [0.25, 0.3) is 5.91 Å². The first kappa shape index (κ1) is 14.7. The average molecular weight is 314 g/mol. The minimum atomic E-state index is -1.00. The van der Waals surface area contributed by atoms with Gasteiger partial charge < -0.3 is 10.4 Å². The van der Waals surface area contributed by atoms with Crippen molar-refractivity contribution in [3.05, 3.63) is 33.8 Å². The first-order valence-corrected chi connectivity index (χ1v) is 6.54. The first-order valence-electron chi connectivity index (χ1n) is 5.75. The minimum Gasteiger partial charge on any atom is -0.480 e. The van der Waals surface area contributed by atoms with E-state index in [-0.39, 0.29) is 5.91 Å². The summed E-state index contributed by atoms with van der Waals surface area (Å²) in [5, 5.41) is 11.5. The summed E-state index contributed by atoms with van der Waals surface area (Å²) in [5.41, 5.74) is 1.40. The molecule has 0 aliphatic rings. The van der Waals surface area contributed by atoms with Gasteiger partial charge in [0, 0.05) is 10.0 Å². The standard InChI is InChI=1S/C13H16BrNO3/c1-3-4-11(13(17)18)15-12(16)9-5-8(2)6-10(14)7-9/h5-7,11H,3-4H2,1-2H3,(H,15,16)(H,17,18). The number of hydrogen-bond acceptors (Lipinski definition) is 2. The lowest BCUT2D eigenvalue weighted by atomic mass is 10.1. The molecule has 1 aromatic carbocycles. The van der Waals surface area contributed by atoms with E-state index in [1.165, 1.54) is 0 Å². The molecule has 0 saturated carbocycles. The number of carbonyl (C=O) groups is 2. The van der Waals surface area contributed by atoms with Gasteiger partial charge in [-0.25, -0.2) is 4.79 Å². The van der Waals surface area contributed by atoms with Crippen LogP contribution in [0.3, 0.4) is 0 Å². The Bertz CT molecular complexity index is 439. The highest BCUT2D eigenvalue weighted by molar-refractivity contribution is 9.10. The molecule has 0 saturated heterocycles. The monoisotopic (exact) mass is 313 g/mol. The van der Waals surface area contributed by atoms with E-state index in [1.54, 1.807) is 12.1 Å². The Labute approximate surface area is 115 Å². The number of hydrogen-bond donors (Lipinski definition) is 2. The molecule has 0 aromatic heterocycles. The summed E-state index contributed by atoms with van der Waals surface area (Å²) in [6.07, 6.45) is 1.13. The summed E-state index contributed by atoms with van der Waals surface area (Å²) in [5.74, 6) is -1.36. The maximum Gasteiger partial charge on any atom is 0.326 e. The molecular formula is C13H16BrNO3. The lowest BCUT2D eigenvalue weighted by Crippen LogP contribution is -2.40. The number of rotatable bonds is 5. The molecule has 0 aliphatic heterocycles. The number of halogens is 1. The largest absolute Gasteiger partial charge is 0.480 e. The Hall–Kier alpha value is -1.36. The van der Waals surface area contributed by atoms with Crippen molar-refractivity contribution < 1.29 is 14.7 Å². The zero-order chi connectivity index (χ0) is 13.7. The van der Waals surface area contributed by atoms with Crippen LogP contribution in [0.5, 0.6) is 0 Å². The average Bonchev–Trinajstić information content (AvgIpc) is 2.26. The predicted octanol–water partition coefficient (Wildman–Crippen LogP) is 2.74. The molecule has 0 heterocycles. The second-order valence-corrected chi connectivity index (χ2v) is 5.09. The topological polar surface area (TPSA) is 66.4 Å². The van der Waals surface area contributed by atoms with Crippen LogP contribution in [0.4, 0.5) is 0 Å². The normalized spacial score (nSPS) is 11.9. The van der Waals surface area contributed by atoms with Crippen molar-refractivity contribution in [2.45, 2.75) is 32.7 Å². The van der Waals surface area contributed by atoms with Crippen molar-refractivity contribution in [1.29, 1.82) is 0 Å². The van der Waals surface area contributed by atoms with Gasteiger partial charge in [0.05, 0.1) is 0 Å². The van der Waals surface area contributed by atoms with Crippen LogP contribution >= 0.6 is 15.9 Å². The maximum absolute atomic E-state index is 11.9. The van der Waals surface area contributed by atoms with E-state index in [1.807, 2.05) is 19.9 Å². The Morgan fingerprint density at radius 3 is 2.56 bits per heavy atom. The van der Waals surface area contributed by atoms with E-state index in [0.29, 0.717) is 18.4 Å². The smallest absolute Gasteiger partial charge is 0.326 e. The fraction of sp³-hybridized carbons (Fsp3) is 0.385. The highest BCUT2D eigenvalue weighted by Crippen LogP contribution is 2.15. The van der Waals surface area contributed by atoms with Crippen LogP contribution in [0.15, 0.2) is 22.7 Å². The maximum atomic E-state index is 11.9. The Balaban J connectivity index is 2.83. The van der Waals surface area contributed by atoms with Gasteiger partial charge in [0.1, 0.15) is 6.04 Å². The van der Waals surface area contributed by atoms with Gasteiger partial charge in [-0.05, 0) is 37.1 Å². The van der Waals surface area contributed by atoms with Gasteiger partial charge in [-0.1, -0.05) is 29.3 Å². The lowest BCUT2D eigenvalue weighted by Gasteiger charge is -2.13. The molecule has 5 heteroatoms. The summed E-state index contributed by atoms with van der Waals surface area (Å²) in [6.45, 7) is 3.76. The number of aliphatic carboxylic acids is 1. The van der Waals surface area contributed by atoms with Gasteiger partial charge in [-0.15, -0.1) is 0 Å². The van der Waals surface area contributed by atoms with Gasteiger partial charge >= 0.3 is 5.97 Å². The molecule has 1 atom stereocenters. The van der Waals surface area contributed by atoms with Crippen LogP contribution in [0.25, 0.3) is 0 Å². The number of carboxylic acids is 1. The molecule has 0 fully saturated rings. The fourth-order valence-electron chi connectivity index (χ4n) is 1.66. The van der Waals surface area contributed by atoms with Crippen LogP contribution in [0, 0.1) is 6.92 Å². The molecule has 0 radical (unpaired) electrons. The van der Waals surface area contributed by atoms with E-state index in [4.69, 9.17) is 5.11 Å². The highest BCUT2D eigenvalue weighted by atomic mass is 79.9. The Morgan fingerprint density at radius 2 is 2.06 bits per heavy atom. The molecular weight excluding hydrogens is 298 g/mol. The molecule has 18 heavy (non-hydrogen) atoms. The number of benzene rings is 1. The van der Waals surface area contributed by atoms with E-state index in [9.17, 15) is 9.59 Å². The van der Waals surface area contributed by atoms with Crippen LogP contribution in [-0.4, -0.2) is 23.0 Å². The second-order valence-electron chi connectivity index (χ2n) is 4.17. The molecule has 1 rings (SSSR count). The fourth-order valence-corrected chi connectivity index (χ4v) is 2.26. The minimum absolute atomic E-state index is 0.361. The molecule has 98 valence electrons. The predicted molar refractivity (Wildman–Crippen MR) is 72.7 cm³/mol. The van der Waals surface area contributed by atoms with Crippen molar-refractivity contribution >= 4 is 27.8 Å². The molecule has 0 bridgehead atoms. The van der Waals surface area contributed by atoms with Crippen LogP contribution in [0.2, 0.25) is 0 Å². The van der Waals surface area contributed by atoms with Gasteiger partial charge in [0.2, 0.25) is 0 Å². The van der Waals surface area contributed by atoms with Gasteiger partial charge in [-0.2, -0.15) is 0 Å². The number of amides is 1. The molecule has 1 unspecified atom stereocenters. The van der Waals surface area contributed by atoms with Crippen LogP contribution in [-0.2, 0) is 4.79 Å². The quantitative estimate of drug-likeness (QED) is 0.878. The van der Waals surface area contributed by atoms with Crippen LogP contribution < -0.4 is 5.32 Å². The third-order valence-electron chi connectivity index (χ3n) is 2.49. The van der Waals surface area contributed by atoms with E-state index >= 15 is 0 Å². The summed E-state index contributed by atoms with van der Waals surface area (Å²) < 4.78 is 0.801. The first-order chi connectivity index (χ1) is 8.43. The molecule has 0 aliphatic carbocycles. The van der Waals surface area contributed by atoms with Gasteiger partial charge in [-0.3, -0.25) is 4.79 Å². The van der Waals surface area contributed by atoms with Crippen LogP contribution in [0.1, 0.15) is 35.7 Å². The van der Waals surface area contributed by atoms with E-state index in [2.05, 4.69) is 21.2 Å². The van der Waals surface area contributed by atoms with Crippen molar-refractivity contribution in [3.63, 3.8) is 0 Å². The Kier molecular flexibility index (Phi) is 5.34. The summed E-state index contributed by atoms with van der Waals surface area (Å²) in [7, 11) is 0. The van der Waals surface area contributed by atoms with E-state index < -0.39 is 12.0 Å². The number of carbonyl (C=O) groups excluding carboxylic acids is 1. The number of nitrogens with one attached hydrogen (secondary N) is 1. The number of carboxylic acid groups (broad SMARTS) is 1.